The molecule has 1 unspecified atom stereocenters. The maximum absolute atomic E-state index is 11.2. The molecule has 13 heavy (non-hydrogen) atoms. The average Bonchev–Trinajstić information content (AvgIpc) is 2.08. The van der Waals surface area contributed by atoms with Gasteiger partial charge in [-0.2, -0.15) is 0 Å². The second-order valence-corrected chi connectivity index (χ2v) is 4.05. The second-order valence-electron chi connectivity index (χ2n) is 4.05. The van der Waals surface area contributed by atoms with Crippen LogP contribution in [0.15, 0.2) is 24.3 Å². The van der Waals surface area contributed by atoms with Gasteiger partial charge in [0.05, 0.1) is 0 Å². The van der Waals surface area contributed by atoms with E-state index < -0.39 is 0 Å². The van der Waals surface area contributed by atoms with Gasteiger partial charge in [0, 0.05) is 13.5 Å². The Morgan fingerprint density at radius 2 is 2.15 bits per heavy atom. The van der Waals surface area contributed by atoms with Crippen LogP contribution in [-0.4, -0.2) is 13.0 Å². The van der Waals surface area contributed by atoms with Crippen LogP contribution in [0.25, 0.3) is 0 Å². The van der Waals surface area contributed by atoms with E-state index in [0.29, 0.717) is 12.3 Å². The molecule has 0 spiro atoms. The van der Waals surface area contributed by atoms with E-state index in [2.05, 4.69) is 31.3 Å². The SMILES string of the molecule is CNC(=O)CC1C=CC=CC1(C)C. The molecule has 1 amide bonds. The number of hydrogen-bond donors (Lipinski definition) is 1. The second kappa shape index (κ2) is 3.77. The van der Waals surface area contributed by atoms with E-state index in [0.717, 1.165) is 0 Å². The van der Waals surface area contributed by atoms with Crippen LogP contribution in [0.3, 0.4) is 0 Å². The first-order chi connectivity index (χ1) is 6.06. The van der Waals surface area contributed by atoms with Crippen LogP contribution >= 0.6 is 0 Å². The molecule has 0 aromatic rings. The molecule has 0 heterocycles. The summed E-state index contributed by atoms with van der Waals surface area (Å²) < 4.78 is 0. The minimum absolute atomic E-state index is 0.0985. The van der Waals surface area contributed by atoms with Crippen LogP contribution in [0.4, 0.5) is 0 Å². The smallest absolute Gasteiger partial charge is 0.220 e. The van der Waals surface area contributed by atoms with Gasteiger partial charge in [0.25, 0.3) is 0 Å². The zero-order valence-electron chi connectivity index (χ0n) is 8.50. The van der Waals surface area contributed by atoms with Crippen molar-refractivity contribution < 1.29 is 4.79 Å². The standard InChI is InChI=1S/C11H17NO/c1-11(2)7-5-4-6-9(11)8-10(13)12-3/h4-7,9H,8H2,1-3H3,(H,12,13). The van der Waals surface area contributed by atoms with Crippen LogP contribution in [0.1, 0.15) is 20.3 Å². The maximum atomic E-state index is 11.2. The highest BCUT2D eigenvalue weighted by molar-refractivity contribution is 5.76. The van der Waals surface area contributed by atoms with Crippen molar-refractivity contribution in [2.45, 2.75) is 20.3 Å². The average molecular weight is 179 g/mol. The van der Waals surface area contributed by atoms with Gasteiger partial charge < -0.3 is 5.32 Å². The van der Waals surface area contributed by atoms with E-state index in [1.165, 1.54) is 0 Å². The lowest BCUT2D eigenvalue weighted by Gasteiger charge is -2.30. The third kappa shape index (κ3) is 2.44. The van der Waals surface area contributed by atoms with Crippen molar-refractivity contribution >= 4 is 5.91 Å². The molecular weight excluding hydrogens is 162 g/mol. The lowest BCUT2D eigenvalue weighted by molar-refractivity contribution is -0.121. The molecule has 0 aliphatic heterocycles. The van der Waals surface area contributed by atoms with Crippen molar-refractivity contribution in [3.63, 3.8) is 0 Å². The van der Waals surface area contributed by atoms with Crippen molar-refractivity contribution in [3.05, 3.63) is 24.3 Å². The first kappa shape index (κ1) is 10.0. The van der Waals surface area contributed by atoms with Crippen molar-refractivity contribution in [2.24, 2.45) is 11.3 Å². The molecule has 0 radical (unpaired) electrons. The summed E-state index contributed by atoms with van der Waals surface area (Å²) in [6, 6.07) is 0. The Bertz CT molecular complexity index is 251. The maximum Gasteiger partial charge on any atom is 0.220 e. The van der Waals surface area contributed by atoms with Gasteiger partial charge in [-0.25, -0.2) is 0 Å². The summed E-state index contributed by atoms with van der Waals surface area (Å²) in [7, 11) is 1.68. The molecule has 72 valence electrons. The molecular formula is C11H17NO. The molecule has 1 aliphatic rings. The van der Waals surface area contributed by atoms with Crippen LogP contribution in [-0.2, 0) is 4.79 Å². The van der Waals surface area contributed by atoms with Crippen LogP contribution in [0, 0.1) is 11.3 Å². The molecule has 1 rings (SSSR count). The van der Waals surface area contributed by atoms with Crippen molar-refractivity contribution in [3.8, 4) is 0 Å². The van der Waals surface area contributed by atoms with E-state index in [9.17, 15) is 4.79 Å². The van der Waals surface area contributed by atoms with Crippen molar-refractivity contribution in [1.29, 1.82) is 0 Å². The summed E-state index contributed by atoms with van der Waals surface area (Å²) in [6.45, 7) is 4.31. The Morgan fingerprint density at radius 1 is 1.46 bits per heavy atom. The Kier molecular flexibility index (Phi) is 2.91. The summed E-state index contributed by atoms with van der Waals surface area (Å²) in [6.07, 6.45) is 8.89. The van der Waals surface area contributed by atoms with Crippen LogP contribution in [0.2, 0.25) is 0 Å². The minimum Gasteiger partial charge on any atom is -0.359 e. The number of hydrogen-bond acceptors (Lipinski definition) is 1. The Balaban J connectivity index is 2.64. The number of amides is 1. The molecule has 2 heteroatoms. The quantitative estimate of drug-likeness (QED) is 0.689. The first-order valence-electron chi connectivity index (χ1n) is 4.63. The van der Waals surface area contributed by atoms with Gasteiger partial charge in [-0.3, -0.25) is 4.79 Å². The number of allylic oxidation sites excluding steroid dienone is 4. The third-order valence-electron chi connectivity index (χ3n) is 2.62. The van der Waals surface area contributed by atoms with E-state index in [1.54, 1.807) is 7.05 Å². The van der Waals surface area contributed by atoms with Gasteiger partial charge in [0.1, 0.15) is 0 Å². The van der Waals surface area contributed by atoms with Gasteiger partial charge in [-0.15, -0.1) is 0 Å². The van der Waals surface area contributed by atoms with Gasteiger partial charge in [-0.05, 0) is 11.3 Å². The zero-order valence-corrected chi connectivity index (χ0v) is 8.50. The Morgan fingerprint density at radius 3 is 2.69 bits per heavy atom. The highest BCUT2D eigenvalue weighted by Gasteiger charge is 2.27. The minimum atomic E-state index is 0.0985. The highest BCUT2D eigenvalue weighted by atomic mass is 16.1. The lowest BCUT2D eigenvalue weighted by atomic mass is 9.74. The highest BCUT2D eigenvalue weighted by Crippen LogP contribution is 2.34. The third-order valence-corrected chi connectivity index (χ3v) is 2.62. The molecule has 1 aliphatic carbocycles. The Labute approximate surface area is 79.7 Å². The van der Waals surface area contributed by atoms with Gasteiger partial charge in [-0.1, -0.05) is 38.2 Å². The summed E-state index contributed by atoms with van der Waals surface area (Å²) in [5, 5.41) is 2.65. The van der Waals surface area contributed by atoms with Gasteiger partial charge in [0.15, 0.2) is 0 Å². The number of carbonyl (C=O) groups excluding carboxylic acids is 1. The van der Waals surface area contributed by atoms with Gasteiger partial charge in [0.2, 0.25) is 5.91 Å². The fourth-order valence-corrected chi connectivity index (χ4v) is 1.51. The number of rotatable bonds is 2. The molecule has 0 bridgehead atoms. The Hall–Kier alpha value is -1.05. The van der Waals surface area contributed by atoms with Crippen LogP contribution in [0.5, 0.6) is 0 Å². The van der Waals surface area contributed by atoms with Gasteiger partial charge >= 0.3 is 0 Å². The fraction of sp³-hybridized carbons (Fsp3) is 0.545. The molecule has 0 saturated carbocycles. The molecule has 2 nitrogen and oxygen atoms in total. The van der Waals surface area contributed by atoms with E-state index >= 15 is 0 Å². The summed E-state index contributed by atoms with van der Waals surface area (Å²) in [5.74, 6) is 0.426. The van der Waals surface area contributed by atoms with E-state index in [-0.39, 0.29) is 11.3 Å². The number of carbonyl (C=O) groups is 1. The van der Waals surface area contributed by atoms with Crippen molar-refractivity contribution in [1.82, 2.24) is 5.32 Å². The van der Waals surface area contributed by atoms with Crippen LogP contribution < -0.4 is 5.32 Å². The summed E-state index contributed by atoms with van der Waals surface area (Å²) in [5.41, 5.74) is 0.0985. The predicted molar refractivity (Wildman–Crippen MR) is 54.2 cm³/mol. The predicted octanol–water partition coefficient (Wildman–Crippen LogP) is 1.89. The first-order valence-corrected chi connectivity index (χ1v) is 4.63. The number of nitrogens with one attached hydrogen (secondary N) is 1. The largest absolute Gasteiger partial charge is 0.359 e. The molecule has 0 aromatic carbocycles. The van der Waals surface area contributed by atoms with Crippen molar-refractivity contribution in [2.75, 3.05) is 7.05 Å². The molecule has 0 fully saturated rings. The topological polar surface area (TPSA) is 29.1 Å². The zero-order chi connectivity index (χ0) is 9.90. The summed E-state index contributed by atoms with van der Waals surface area (Å²) in [4.78, 5) is 11.2. The molecule has 1 atom stereocenters. The molecule has 0 aromatic heterocycles. The van der Waals surface area contributed by atoms with E-state index in [1.807, 2.05) is 12.2 Å². The fourth-order valence-electron chi connectivity index (χ4n) is 1.51. The van der Waals surface area contributed by atoms with E-state index in [4.69, 9.17) is 0 Å². The normalized spacial score (nSPS) is 24.4. The lowest BCUT2D eigenvalue weighted by Crippen LogP contribution is -2.28. The molecule has 0 saturated heterocycles. The monoisotopic (exact) mass is 179 g/mol. The summed E-state index contributed by atoms with van der Waals surface area (Å²) >= 11 is 0. The molecule has 1 N–H and O–H groups in total.